The first-order chi connectivity index (χ1) is 7.99. The van der Waals surface area contributed by atoms with Crippen LogP contribution in [0.1, 0.15) is 16.7 Å². The van der Waals surface area contributed by atoms with E-state index in [1.165, 1.54) is 6.92 Å². The number of pyridine rings is 1. The average molecular weight is 231 g/mol. The first kappa shape index (κ1) is 11.3. The summed E-state index contributed by atoms with van der Waals surface area (Å²) in [6.45, 7) is 5.33. The van der Waals surface area contributed by atoms with E-state index in [1.807, 2.05) is 19.9 Å². The van der Waals surface area contributed by atoms with Crippen molar-refractivity contribution in [2.45, 2.75) is 20.8 Å². The Balaban J connectivity index is 2.65. The molecule has 0 aliphatic heterocycles. The topological polar surface area (TPSA) is 78.9 Å². The van der Waals surface area contributed by atoms with Gasteiger partial charge in [0.2, 0.25) is 5.88 Å². The summed E-state index contributed by atoms with van der Waals surface area (Å²) >= 11 is 0. The molecule has 0 bridgehead atoms. The number of hydrogen-bond acceptors (Lipinski definition) is 4. The van der Waals surface area contributed by atoms with Gasteiger partial charge in [-0.3, -0.25) is 9.78 Å². The van der Waals surface area contributed by atoms with E-state index in [2.05, 4.69) is 15.0 Å². The summed E-state index contributed by atoms with van der Waals surface area (Å²) < 4.78 is 0. The van der Waals surface area contributed by atoms with E-state index in [4.69, 9.17) is 0 Å². The van der Waals surface area contributed by atoms with Gasteiger partial charge in [0.25, 0.3) is 5.56 Å². The Morgan fingerprint density at radius 2 is 2.00 bits per heavy atom. The largest absolute Gasteiger partial charge is 0.493 e. The molecule has 2 rings (SSSR count). The molecule has 5 nitrogen and oxygen atoms in total. The van der Waals surface area contributed by atoms with Crippen LogP contribution in [0.4, 0.5) is 0 Å². The number of H-pyrrole nitrogens is 1. The van der Waals surface area contributed by atoms with Gasteiger partial charge in [0.15, 0.2) is 5.82 Å². The Morgan fingerprint density at radius 3 is 2.59 bits per heavy atom. The lowest BCUT2D eigenvalue weighted by molar-refractivity contribution is 0.447. The maximum absolute atomic E-state index is 11.5. The van der Waals surface area contributed by atoms with Crippen molar-refractivity contribution >= 4 is 0 Å². The van der Waals surface area contributed by atoms with Crippen molar-refractivity contribution in [1.82, 2.24) is 15.0 Å². The SMILES string of the molecule is Cc1cnc(-c2nc(O)c(C)c(=O)[nH]2)c(C)c1. The number of aromatic amines is 1. The molecule has 2 aromatic rings. The molecule has 0 saturated carbocycles. The van der Waals surface area contributed by atoms with Crippen LogP contribution in [0.2, 0.25) is 0 Å². The maximum atomic E-state index is 11.5. The van der Waals surface area contributed by atoms with Gasteiger partial charge in [-0.05, 0) is 31.9 Å². The third-order valence-corrected chi connectivity index (χ3v) is 2.56. The molecule has 17 heavy (non-hydrogen) atoms. The predicted octanol–water partition coefficient (Wildman–Crippen LogP) is 1.46. The number of aromatic nitrogens is 3. The zero-order chi connectivity index (χ0) is 12.6. The number of aromatic hydroxyl groups is 1. The lowest BCUT2D eigenvalue weighted by atomic mass is 10.1. The number of nitrogens with zero attached hydrogens (tertiary/aromatic N) is 2. The monoisotopic (exact) mass is 231 g/mol. The van der Waals surface area contributed by atoms with Crippen LogP contribution in [-0.2, 0) is 0 Å². The van der Waals surface area contributed by atoms with Crippen LogP contribution in [0.25, 0.3) is 11.5 Å². The highest BCUT2D eigenvalue weighted by atomic mass is 16.3. The van der Waals surface area contributed by atoms with Crippen LogP contribution >= 0.6 is 0 Å². The number of nitrogens with one attached hydrogen (secondary N) is 1. The fraction of sp³-hybridized carbons (Fsp3) is 0.250. The summed E-state index contributed by atoms with van der Waals surface area (Å²) in [6, 6.07) is 1.94. The van der Waals surface area contributed by atoms with E-state index >= 15 is 0 Å². The molecule has 0 spiro atoms. The molecule has 0 atom stereocenters. The number of rotatable bonds is 1. The van der Waals surface area contributed by atoms with Crippen molar-refractivity contribution < 1.29 is 5.11 Å². The Morgan fingerprint density at radius 1 is 1.29 bits per heavy atom. The van der Waals surface area contributed by atoms with Gasteiger partial charge in [0.1, 0.15) is 5.69 Å². The molecule has 2 aromatic heterocycles. The molecule has 0 radical (unpaired) electrons. The molecule has 0 aromatic carbocycles. The van der Waals surface area contributed by atoms with Crippen molar-refractivity contribution in [3.8, 4) is 17.4 Å². The molecule has 2 heterocycles. The van der Waals surface area contributed by atoms with Crippen LogP contribution < -0.4 is 5.56 Å². The molecule has 2 N–H and O–H groups in total. The van der Waals surface area contributed by atoms with Crippen LogP contribution in [0.3, 0.4) is 0 Å². The summed E-state index contributed by atoms with van der Waals surface area (Å²) in [5.41, 5.74) is 2.36. The van der Waals surface area contributed by atoms with Gasteiger partial charge < -0.3 is 10.1 Å². The molecule has 0 unspecified atom stereocenters. The fourth-order valence-corrected chi connectivity index (χ4v) is 1.60. The summed E-state index contributed by atoms with van der Waals surface area (Å²) in [7, 11) is 0. The third-order valence-electron chi connectivity index (χ3n) is 2.56. The molecule has 0 saturated heterocycles. The van der Waals surface area contributed by atoms with Crippen molar-refractivity contribution in [3.05, 3.63) is 39.3 Å². The zero-order valence-corrected chi connectivity index (χ0v) is 9.90. The summed E-state index contributed by atoms with van der Waals surface area (Å²) in [6.07, 6.45) is 1.69. The lowest BCUT2D eigenvalue weighted by Crippen LogP contribution is -2.13. The van der Waals surface area contributed by atoms with Gasteiger partial charge in [-0.1, -0.05) is 6.07 Å². The minimum Gasteiger partial charge on any atom is -0.493 e. The van der Waals surface area contributed by atoms with Crippen LogP contribution in [0.5, 0.6) is 5.88 Å². The smallest absolute Gasteiger partial charge is 0.257 e. The molecule has 5 heteroatoms. The van der Waals surface area contributed by atoms with Gasteiger partial charge in [0, 0.05) is 6.20 Å². The average Bonchev–Trinajstić information content (AvgIpc) is 2.25. The highest BCUT2D eigenvalue weighted by Gasteiger charge is 2.10. The predicted molar refractivity (Wildman–Crippen MR) is 64.0 cm³/mol. The van der Waals surface area contributed by atoms with Gasteiger partial charge in [-0.15, -0.1) is 0 Å². The number of hydrogen-bond donors (Lipinski definition) is 2. The van der Waals surface area contributed by atoms with Gasteiger partial charge in [-0.2, -0.15) is 4.98 Å². The normalized spacial score (nSPS) is 10.5. The number of aryl methyl sites for hydroxylation is 2. The van der Waals surface area contributed by atoms with E-state index in [1.54, 1.807) is 6.20 Å². The Kier molecular flexibility index (Phi) is 2.67. The highest BCUT2D eigenvalue weighted by Crippen LogP contribution is 2.19. The standard InChI is InChI=1S/C12H13N3O2/c1-6-4-7(2)9(13-5-6)10-14-11(16)8(3)12(17)15-10/h4-5H,1-3H3,(H2,14,15,16,17). The van der Waals surface area contributed by atoms with Gasteiger partial charge >= 0.3 is 0 Å². The maximum Gasteiger partial charge on any atom is 0.257 e. The zero-order valence-electron chi connectivity index (χ0n) is 9.90. The lowest BCUT2D eigenvalue weighted by Gasteiger charge is -2.06. The molecular formula is C12H13N3O2. The second-order valence-electron chi connectivity index (χ2n) is 4.04. The molecule has 0 fully saturated rings. The van der Waals surface area contributed by atoms with Crippen molar-refractivity contribution in [3.63, 3.8) is 0 Å². The van der Waals surface area contributed by atoms with Crippen LogP contribution in [0.15, 0.2) is 17.1 Å². The fourth-order valence-electron chi connectivity index (χ4n) is 1.60. The molecule has 0 aliphatic rings. The summed E-state index contributed by atoms with van der Waals surface area (Å²) in [4.78, 5) is 22.3. The molecule has 88 valence electrons. The van der Waals surface area contributed by atoms with E-state index in [0.717, 1.165) is 11.1 Å². The molecular weight excluding hydrogens is 218 g/mol. The van der Waals surface area contributed by atoms with E-state index < -0.39 is 0 Å². The Bertz CT molecular complexity index is 632. The van der Waals surface area contributed by atoms with Gasteiger partial charge in [-0.25, -0.2) is 0 Å². The van der Waals surface area contributed by atoms with Gasteiger partial charge in [0.05, 0.1) is 5.56 Å². The third kappa shape index (κ3) is 2.04. The second kappa shape index (κ2) is 4.01. The van der Waals surface area contributed by atoms with Crippen molar-refractivity contribution in [2.75, 3.05) is 0 Å². The van der Waals surface area contributed by atoms with Crippen molar-refractivity contribution in [1.29, 1.82) is 0 Å². The minimum absolute atomic E-state index is 0.207. The van der Waals surface area contributed by atoms with Crippen LogP contribution in [0, 0.1) is 20.8 Å². The quantitative estimate of drug-likeness (QED) is 0.778. The van der Waals surface area contributed by atoms with E-state index in [0.29, 0.717) is 5.69 Å². The minimum atomic E-state index is -0.353. The van der Waals surface area contributed by atoms with Crippen LogP contribution in [-0.4, -0.2) is 20.1 Å². The van der Waals surface area contributed by atoms with E-state index in [9.17, 15) is 9.90 Å². The summed E-state index contributed by atoms with van der Waals surface area (Å²) in [5.74, 6) is 0.0288. The van der Waals surface area contributed by atoms with Crippen molar-refractivity contribution in [2.24, 2.45) is 0 Å². The first-order valence-corrected chi connectivity index (χ1v) is 5.22. The first-order valence-electron chi connectivity index (χ1n) is 5.22. The Hall–Kier alpha value is -2.17. The van der Waals surface area contributed by atoms with E-state index in [-0.39, 0.29) is 22.8 Å². The summed E-state index contributed by atoms with van der Waals surface area (Å²) in [5, 5.41) is 9.53. The Labute approximate surface area is 98.2 Å². The second-order valence-corrected chi connectivity index (χ2v) is 4.04. The molecule has 0 amide bonds. The highest BCUT2D eigenvalue weighted by molar-refractivity contribution is 5.55. The molecule has 0 aliphatic carbocycles.